The Hall–Kier alpha value is -0.770. The summed E-state index contributed by atoms with van der Waals surface area (Å²) in [6, 6.07) is 1.91. The number of nitrogens with zero attached hydrogens (tertiary/aromatic N) is 2. The third-order valence-electron chi connectivity index (χ3n) is 3.00. The van der Waals surface area contributed by atoms with Crippen LogP contribution in [0.5, 0.6) is 0 Å². The van der Waals surface area contributed by atoms with Crippen LogP contribution in [0.2, 0.25) is 0 Å². The smallest absolute Gasteiger partial charge is 0.143 e. The molecule has 0 bridgehead atoms. The zero-order valence-electron chi connectivity index (χ0n) is 9.13. The molecule has 0 radical (unpaired) electrons. The summed E-state index contributed by atoms with van der Waals surface area (Å²) in [5.74, 6) is 1.01. The number of aromatic nitrogens is 1. The van der Waals surface area contributed by atoms with Crippen LogP contribution in [-0.4, -0.2) is 17.1 Å². The Morgan fingerprint density at radius 2 is 2.27 bits per heavy atom. The van der Waals surface area contributed by atoms with Gasteiger partial charge in [0.1, 0.15) is 5.82 Å². The van der Waals surface area contributed by atoms with Gasteiger partial charge in [-0.1, -0.05) is 0 Å². The lowest BCUT2D eigenvalue weighted by Gasteiger charge is -2.33. The summed E-state index contributed by atoms with van der Waals surface area (Å²) in [5.41, 5.74) is 6.58. The van der Waals surface area contributed by atoms with Crippen molar-refractivity contribution in [1.29, 1.82) is 0 Å². The van der Waals surface area contributed by atoms with E-state index in [0.717, 1.165) is 16.8 Å². The van der Waals surface area contributed by atoms with E-state index in [2.05, 4.69) is 39.7 Å². The minimum atomic E-state index is 0.200. The first-order valence-electron chi connectivity index (χ1n) is 5.19. The molecule has 15 heavy (non-hydrogen) atoms. The molecule has 1 fully saturated rings. The molecule has 1 aromatic heterocycles. The highest BCUT2D eigenvalue weighted by Gasteiger charge is 2.33. The lowest BCUT2D eigenvalue weighted by Crippen LogP contribution is -2.38. The largest absolute Gasteiger partial charge is 0.397 e. The SMILES string of the molecule is CC1(C)CCCN1c1ncc(N)cc1Br. The van der Waals surface area contributed by atoms with Gasteiger partial charge in [0.15, 0.2) is 0 Å². The maximum absolute atomic E-state index is 5.68. The highest BCUT2D eigenvalue weighted by molar-refractivity contribution is 9.10. The van der Waals surface area contributed by atoms with E-state index in [4.69, 9.17) is 5.73 Å². The average Bonchev–Trinajstić information content (AvgIpc) is 2.46. The molecule has 2 N–H and O–H groups in total. The van der Waals surface area contributed by atoms with Gasteiger partial charge in [0.2, 0.25) is 0 Å². The number of nitrogen functional groups attached to an aromatic ring is 1. The van der Waals surface area contributed by atoms with Crippen molar-refractivity contribution >= 4 is 27.4 Å². The molecular weight excluding hydrogens is 254 g/mol. The Labute approximate surface area is 98.8 Å². The van der Waals surface area contributed by atoms with E-state index in [9.17, 15) is 0 Å². The van der Waals surface area contributed by atoms with E-state index in [1.165, 1.54) is 12.8 Å². The Morgan fingerprint density at radius 3 is 2.80 bits per heavy atom. The van der Waals surface area contributed by atoms with Crippen molar-refractivity contribution in [2.24, 2.45) is 0 Å². The van der Waals surface area contributed by atoms with Gasteiger partial charge >= 0.3 is 0 Å². The van der Waals surface area contributed by atoms with E-state index in [0.29, 0.717) is 5.69 Å². The van der Waals surface area contributed by atoms with Gasteiger partial charge in [-0.3, -0.25) is 0 Å². The van der Waals surface area contributed by atoms with Gasteiger partial charge in [0, 0.05) is 12.1 Å². The number of hydrogen-bond acceptors (Lipinski definition) is 3. The van der Waals surface area contributed by atoms with E-state index >= 15 is 0 Å². The zero-order valence-corrected chi connectivity index (χ0v) is 10.7. The summed E-state index contributed by atoms with van der Waals surface area (Å²) >= 11 is 3.52. The summed E-state index contributed by atoms with van der Waals surface area (Å²) < 4.78 is 0.984. The van der Waals surface area contributed by atoms with Crippen molar-refractivity contribution in [2.45, 2.75) is 32.2 Å². The van der Waals surface area contributed by atoms with Gasteiger partial charge in [-0.25, -0.2) is 4.98 Å². The van der Waals surface area contributed by atoms with E-state index in [1.54, 1.807) is 6.20 Å². The Balaban J connectivity index is 2.37. The highest BCUT2D eigenvalue weighted by atomic mass is 79.9. The number of pyridine rings is 1. The van der Waals surface area contributed by atoms with Crippen LogP contribution < -0.4 is 10.6 Å². The lowest BCUT2D eigenvalue weighted by molar-refractivity contribution is 0.514. The van der Waals surface area contributed by atoms with Crippen LogP contribution in [0.1, 0.15) is 26.7 Å². The van der Waals surface area contributed by atoms with E-state index < -0.39 is 0 Å². The molecule has 0 atom stereocenters. The Bertz CT molecular complexity index is 376. The molecule has 0 aliphatic carbocycles. The predicted octanol–water partition coefficient (Wildman–Crippen LogP) is 2.81. The average molecular weight is 270 g/mol. The van der Waals surface area contributed by atoms with Crippen molar-refractivity contribution in [3.05, 3.63) is 16.7 Å². The molecule has 0 spiro atoms. The minimum Gasteiger partial charge on any atom is -0.397 e. The first-order chi connectivity index (χ1) is 7.00. The summed E-state index contributed by atoms with van der Waals surface area (Å²) in [6.45, 7) is 5.58. The van der Waals surface area contributed by atoms with Crippen LogP contribution in [0.4, 0.5) is 11.5 Å². The van der Waals surface area contributed by atoms with Crippen molar-refractivity contribution < 1.29 is 0 Å². The molecule has 0 amide bonds. The summed E-state index contributed by atoms with van der Waals surface area (Å²) in [7, 11) is 0. The van der Waals surface area contributed by atoms with Gasteiger partial charge in [-0.15, -0.1) is 0 Å². The maximum atomic E-state index is 5.68. The Kier molecular flexibility index (Phi) is 2.63. The molecule has 1 aliphatic heterocycles. The number of anilines is 2. The fourth-order valence-electron chi connectivity index (χ4n) is 2.14. The normalized spacial score (nSPS) is 19.5. The van der Waals surface area contributed by atoms with Crippen molar-refractivity contribution in [3.8, 4) is 0 Å². The topological polar surface area (TPSA) is 42.2 Å². The van der Waals surface area contributed by atoms with Crippen molar-refractivity contribution in [3.63, 3.8) is 0 Å². The monoisotopic (exact) mass is 269 g/mol. The van der Waals surface area contributed by atoms with E-state index in [-0.39, 0.29) is 5.54 Å². The van der Waals surface area contributed by atoms with Crippen LogP contribution in [0.15, 0.2) is 16.7 Å². The van der Waals surface area contributed by atoms with Gasteiger partial charge in [0.25, 0.3) is 0 Å². The van der Waals surface area contributed by atoms with Gasteiger partial charge in [0.05, 0.1) is 16.4 Å². The zero-order chi connectivity index (χ0) is 11.1. The molecule has 4 heteroatoms. The second-order valence-corrected chi connectivity index (χ2v) is 5.50. The first kappa shape index (κ1) is 10.7. The van der Waals surface area contributed by atoms with Crippen molar-refractivity contribution in [1.82, 2.24) is 4.98 Å². The summed E-state index contributed by atoms with van der Waals surface area (Å²) in [5, 5.41) is 0. The molecule has 1 aromatic rings. The third kappa shape index (κ3) is 1.95. The minimum absolute atomic E-state index is 0.200. The standard InChI is InChI=1S/C11H16BrN3/c1-11(2)4-3-5-15(11)10-9(12)6-8(13)7-14-10/h6-7H,3-5,13H2,1-2H3. The van der Waals surface area contributed by atoms with Gasteiger partial charge in [-0.2, -0.15) is 0 Å². The van der Waals surface area contributed by atoms with Crippen molar-refractivity contribution in [2.75, 3.05) is 17.2 Å². The second-order valence-electron chi connectivity index (χ2n) is 4.64. The number of rotatable bonds is 1. The fraction of sp³-hybridized carbons (Fsp3) is 0.545. The third-order valence-corrected chi connectivity index (χ3v) is 3.58. The van der Waals surface area contributed by atoms with Gasteiger partial charge in [-0.05, 0) is 48.7 Å². The summed E-state index contributed by atoms with van der Waals surface area (Å²) in [6.07, 6.45) is 4.16. The molecule has 0 unspecified atom stereocenters. The molecule has 2 heterocycles. The molecule has 1 saturated heterocycles. The number of nitrogens with two attached hydrogens (primary N) is 1. The maximum Gasteiger partial charge on any atom is 0.143 e. The second kappa shape index (κ2) is 3.67. The van der Waals surface area contributed by atoms with Crippen LogP contribution in [0.25, 0.3) is 0 Å². The van der Waals surface area contributed by atoms with Crippen LogP contribution in [-0.2, 0) is 0 Å². The van der Waals surface area contributed by atoms with Crippen LogP contribution >= 0.6 is 15.9 Å². The lowest BCUT2D eigenvalue weighted by atomic mass is 10.0. The number of halogens is 1. The molecule has 0 saturated carbocycles. The molecule has 1 aliphatic rings. The first-order valence-corrected chi connectivity index (χ1v) is 5.99. The molecule has 3 nitrogen and oxygen atoms in total. The molecular formula is C11H16BrN3. The quantitative estimate of drug-likeness (QED) is 0.853. The Morgan fingerprint density at radius 1 is 1.53 bits per heavy atom. The van der Waals surface area contributed by atoms with Gasteiger partial charge < -0.3 is 10.6 Å². The molecule has 82 valence electrons. The predicted molar refractivity (Wildman–Crippen MR) is 67.0 cm³/mol. The number of hydrogen-bond donors (Lipinski definition) is 1. The highest BCUT2D eigenvalue weighted by Crippen LogP contribution is 2.36. The fourth-order valence-corrected chi connectivity index (χ4v) is 2.72. The van der Waals surface area contributed by atoms with Crippen LogP contribution in [0, 0.1) is 0 Å². The molecule has 0 aromatic carbocycles. The molecule has 2 rings (SSSR count). The van der Waals surface area contributed by atoms with Crippen LogP contribution in [0.3, 0.4) is 0 Å². The van der Waals surface area contributed by atoms with E-state index in [1.807, 2.05) is 6.07 Å². The summed E-state index contributed by atoms with van der Waals surface area (Å²) in [4.78, 5) is 6.75.